The van der Waals surface area contributed by atoms with Crippen LogP contribution in [0.15, 0.2) is 67.1 Å². The van der Waals surface area contributed by atoms with Crippen LogP contribution >= 0.6 is 11.6 Å². The predicted octanol–water partition coefficient (Wildman–Crippen LogP) is 7.61. The van der Waals surface area contributed by atoms with Gasteiger partial charge in [0.15, 0.2) is 6.20 Å². The molecule has 1 aliphatic heterocycles. The van der Waals surface area contributed by atoms with Crippen LogP contribution in [0, 0.1) is 18.0 Å². The highest BCUT2D eigenvalue weighted by Crippen LogP contribution is 2.37. The minimum absolute atomic E-state index is 0.206. The summed E-state index contributed by atoms with van der Waals surface area (Å²) >= 11 is 6.29. The molecule has 15 heteroatoms. The van der Waals surface area contributed by atoms with Gasteiger partial charge in [-0.1, -0.05) is 24.9 Å². The summed E-state index contributed by atoms with van der Waals surface area (Å²) in [6.45, 7) is 3.66. The van der Waals surface area contributed by atoms with Crippen molar-refractivity contribution in [3.63, 3.8) is 0 Å². The molecule has 0 spiro atoms. The highest BCUT2D eigenvalue weighted by Gasteiger charge is 2.33. The average Bonchev–Trinajstić information content (AvgIpc) is 3.70. The number of imidazole rings is 1. The Hall–Kier alpha value is -5.37. The van der Waals surface area contributed by atoms with E-state index in [2.05, 4.69) is 20.7 Å². The third kappa shape index (κ3) is 6.95. The van der Waals surface area contributed by atoms with Gasteiger partial charge in [-0.3, -0.25) is 10.1 Å². The van der Waals surface area contributed by atoms with E-state index in [0.29, 0.717) is 80.9 Å². The van der Waals surface area contributed by atoms with Gasteiger partial charge in [-0.25, -0.2) is 14.5 Å². The third-order valence-electron chi connectivity index (χ3n) is 8.50. The van der Waals surface area contributed by atoms with Crippen molar-refractivity contribution in [2.24, 2.45) is 5.92 Å². The largest absolute Gasteiger partial charge is 0.618 e. The van der Waals surface area contributed by atoms with Crippen LogP contribution in [0.3, 0.4) is 0 Å². The monoisotopic (exact) mass is 693 g/mol. The van der Waals surface area contributed by atoms with E-state index in [1.165, 1.54) is 25.4 Å². The topological polar surface area (TPSA) is 141 Å². The van der Waals surface area contributed by atoms with E-state index >= 15 is 0 Å². The molecule has 0 radical (unpaired) electrons. The number of rotatable bonds is 4. The summed E-state index contributed by atoms with van der Waals surface area (Å²) in [6, 6.07) is 13.1. The lowest BCUT2D eigenvalue weighted by Gasteiger charge is -2.19. The molecule has 5 aromatic rings. The van der Waals surface area contributed by atoms with E-state index in [1.807, 2.05) is 13.8 Å². The minimum Gasteiger partial charge on any atom is -0.618 e. The van der Waals surface area contributed by atoms with Crippen LogP contribution in [0.5, 0.6) is 0 Å². The molecule has 1 aliphatic rings. The summed E-state index contributed by atoms with van der Waals surface area (Å²) in [5.41, 5.74) is 3.35. The molecule has 0 unspecified atom stereocenters. The molecule has 3 aromatic heterocycles. The Morgan fingerprint density at radius 1 is 1.14 bits per heavy atom. The Morgan fingerprint density at radius 2 is 1.94 bits per heavy atom. The van der Waals surface area contributed by atoms with Crippen LogP contribution in [0.25, 0.3) is 28.1 Å². The molecular formula is C34H31ClF3N7O4. The summed E-state index contributed by atoms with van der Waals surface area (Å²) in [6.07, 6.45) is -0.652. The number of anilines is 2. The Bertz CT molecular complexity index is 2060. The number of hydrogen-bond donors (Lipinski definition) is 3. The van der Waals surface area contributed by atoms with Crippen molar-refractivity contribution in [1.29, 1.82) is 0 Å². The fourth-order valence-corrected chi connectivity index (χ4v) is 6.09. The summed E-state index contributed by atoms with van der Waals surface area (Å²) in [7, 11) is 1.25. The van der Waals surface area contributed by atoms with E-state index in [9.17, 15) is 28.0 Å². The number of methoxy groups -OCH3 is 1. The standard InChI is InChI=1S/C34H31ClF3N7O4/c1-18-5-4-6-25(31-40-19(2)30(43-31)24-10-9-23(41-33(47)49-3)14-27(24)42-32(18)46)29-11-7-20(16-45(29)48)26-13-22(35)8-12-28(26)44-17-21(15-39-44)34(36,37)38/h7-18,25H,4-6H2,1-3H3,(H,40,43)(H,41,47)(H,42,46)/t18-,25-/m1/s1. The number of amides is 2. The molecule has 0 saturated carbocycles. The average molecular weight is 694 g/mol. The zero-order valence-electron chi connectivity index (χ0n) is 26.6. The van der Waals surface area contributed by atoms with Gasteiger partial charge in [0, 0.05) is 51.3 Å². The van der Waals surface area contributed by atoms with Crippen molar-refractivity contribution < 1.29 is 32.2 Å². The summed E-state index contributed by atoms with van der Waals surface area (Å²) in [5, 5.41) is 23.6. The van der Waals surface area contributed by atoms with Crippen molar-refractivity contribution in [2.45, 2.75) is 45.2 Å². The quantitative estimate of drug-likeness (QED) is 0.131. The lowest BCUT2D eigenvalue weighted by atomic mass is 9.92. The van der Waals surface area contributed by atoms with Crippen LogP contribution < -0.4 is 15.4 Å². The van der Waals surface area contributed by atoms with E-state index in [0.717, 1.165) is 21.8 Å². The predicted molar refractivity (Wildman–Crippen MR) is 176 cm³/mol. The molecule has 2 aromatic carbocycles. The van der Waals surface area contributed by atoms with Gasteiger partial charge >= 0.3 is 12.3 Å². The van der Waals surface area contributed by atoms with Crippen molar-refractivity contribution in [1.82, 2.24) is 19.7 Å². The second-order valence-electron chi connectivity index (χ2n) is 11.8. The zero-order valence-corrected chi connectivity index (χ0v) is 27.3. The lowest BCUT2D eigenvalue weighted by Crippen LogP contribution is -2.34. The Labute approximate surface area is 283 Å². The van der Waals surface area contributed by atoms with E-state index in [1.54, 1.807) is 36.4 Å². The number of benzene rings is 2. The van der Waals surface area contributed by atoms with Gasteiger partial charge in [0.1, 0.15) is 11.7 Å². The highest BCUT2D eigenvalue weighted by atomic mass is 35.5. The smallest absolute Gasteiger partial charge is 0.419 e. The molecule has 0 fully saturated rings. The van der Waals surface area contributed by atoms with Gasteiger partial charge in [-0.15, -0.1) is 0 Å². The molecule has 3 N–H and O–H groups in total. The van der Waals surface area contributed by atoms with Crippen LogP contribution in [0.2, 0.25) is 5.02 Å². The number of H-pyrrole nitrogens is 1. The maximum atomic E-state index is 13.8. The molecule has 4 heterocycles. The van der Waals surface area contributed by atoms with Crippen LogP contribution in [0.4, 0.5) is 29.3 Å². The maximum absolute atomic E-state index is 13.8. The Morgan fingerprint density at radius 3 is 2.65 bits per heavy atom. The Balaban J connectivity index is 1.40. The maximum Gasteiger partial charge on any atom is 0.419 e. The molecule has 2 atom stereocenters. The van der Waals surface area contributed by atoms with Crippen molar-refractivity contribution in [3.8, 4) is 28.1 Å². The van der Waals surface area contributed by atoms with Crippen molar-refractivity contribution in [3.05, 3.63) is 100 Å². The molecule has 49 heavy (non-hydrogen) atoms. The van der Waals surface area contributed by atoms with Gasteiger partial charge in [0.25, 0.3) is 0 Å². The van der Waals surface area contributed by atoms with Crippen molar-refractivity contribution in [2.75, 3.05) is 17.7 Å². The van der Waals surface area contributed by atoms with E-state index in [-0.39, 0.29) is 11.8 Å². The Kier molecular flexibility index (Phi) is 9.08. The molecule has 254 valence electrons. The van der Waals surface area contributed by atoms with E-state index in [4.69, 9.17) is 21.3 Å². The zero-order chi connectivity index (χ0) is 35.0. The molecule has 0 aliphatic carbocycles. The summed E-state index contributed by atoms with van der Waals surface area (Å²) in [5.74, 6) is -0.512. The van der Waals surface area contributed by atoms with Crippen molar-refractivity contribution >= 4 is 35.0 Å². The number of carbonyl (C=O) groups is 2. The number of carbonyl (C=O) groups excluding carboxylic acids is 2. The number of nitrogens with zero attached hydrogens (tertiary/aromatic N) is 4. The number of halogens is 4. The van der Waals surface area contributed by atoms with Crippen LogP contribution in [-0.2, 0) is 15.7 Å². The highest BCUT2D eigenvalue weighted by molar-refractivity contribution is 6.31. The molecular weight excluding hydrogens is 663 g/mol. The number of aromatic amines is 1. The number of aryl methyl sites for hydroxylation is 1. The minimum atomic E-state index is -4.57. The number of alkyl halides is 3. The summed E-state index contributed by atoms with van der Waals surface area (Å²) < 4.78 is 46.5. The van der Waals surface area contributed by atoms with Gasteiger partial charge in [0.05, 0.1) is 35.9 Å². The van der Waals surface area contributed by atoms with Crippen LogP contribution in [-0.4, -0.2) is 38.9 Å². The first-order valence-electron chi connectivity index (χ1n) is 15.3. The fraction of sp³-hybridized carbons (Fsp3) is 0.265. The molecule has 6 rings (SSSR count). The number of pyridine rings is 1. The first kappa shape index (κ1) is 33.5. The number of fused-ring (bicyclic) bond motifs is 4. The SMILES string of the molecule is COC(=O)Nc1ccc2c(c1)NC(=O)[C@H](C)CCC[C@H](c1ccc(-c3cc(Cl)ccc3-n3cc(C(F)(F)F)cn3)c[n+]1[O-])c1nc-2c(C)[nH]1. The number of hydrogen-bond acceptors (Lipinski definition) is 6. The number of nitrogens with one attached hydrogen (secondary N) is 3. The third-order valence-corrected chi connectivity index (χ3v) is 8.74. The fourth-order valence-electron chi connectivity index (χ4n) is 5.91. The van der Waals surface area contributed by atoms with Crippen LogP contribution in [0.1, 0.15) is 54.9 Å². The number of aromatic nitrogens is 5. The van der Waals surface area contributed by atoms with E-state index < -0.39 is 23.8 Å². The number of ether oxygens (including phenoxy) is 1. The molecule has 11 nitrogen and oxygen atoms in total. The summed E-state index contributed by atoms with van der Waals surface area (Å²) in [4.78, 5) is 33.3. The molecule has 2 amide bonds. The normalized spacial score (nSPS) is 16.6. The second-order valence-corrected chi connectivity index (χ2v) is 12.3. The lowest BCUT2D eigenvalue weighted by molar-refractivity contribution is -0.614. The second kappa shape index (κ2) is 13.3. The molecule has 0 saturated heterocycles. The van der Waals surface area contributed by atoms with Gasteiger partial charge in [-0.2, -0.15) is 23.0 Å². The molecule has 2 bridgehead atoms. The van der Waals surface area contributed by atoms with Gasteiger partial charge in [-0.05, 0) is 62.2 Å². The first-order valence-corrected chi connectivity index (χ1v) is 15.7. The van der Waals surface area contributed by atoms with Gasteiger partial charge < -0.3 is 20.2 Å². The van der Waals surface area contributed by atoms with Gasteiger partial charge in [0.2, 0.25) is 11.6 Å². The first-order chi connectivity index (χ1) is 23.3.